The molecule has 1 aromatic heterocycles. The van der Waals surface area contributed by atoms with E-state index in [2.05, 4.69) is 0 Å². The first-order valence-electron chi connectivity index (χ1n) is 12.7. The molecule has 4 aromatic rings. The summed E-state index contributed by atoms with van der Waals surface area (Å²) in [7, 11) is 0. The van der Waals surface area contributed by atoms with E-state index in [-0.39, 0.29) is 34.0 Å². The Morgan fingerprint density at radius 1 is 0.905 bits per heavy atom. The standard InChI is InChI=1S/C30H26O12/c31-14-24-27(37)29(42-25(36)10-3-15-1-6-17(32)7-2-15)28(38)30(41-24)39-19-8-4-16(5-9-19)22-13-21(35)26-20(34)11-18(33)12-23(26)40-22/h1-13,24,27-34,37-38H,14H2. The maximum absolute atomic E-state index is 12.5. The Balaban J connectivity index is 1.30. The van der Waals surface area contributed by atoms with E-state index in [1.807, 2.05) is 0 Å². The normalized spacial score (nSPS) is 22.3. The maximum Gasteiger partial charge on any atom is 0.331 e. The van der Waals surface area contributed by atoms with E-state index >= 15 is 0 Å². The molecule has 1 aliphatic rings. The van der Waals surface area contributed by atoms with Crippen LogP contribution in [0.1, 0.15) is 5.56 Å². The largest absolute Gasteiger partial charge is 0.508 e. The van der Waals surface area contributed by atoms with Crippen molar-refractivity contribution in [3.63, 3.8) is 0 Å². The molecule has 12 heteroatoms. The van der Waals surface area contributed by atoms with Crippen LogP contribution in [0.25, 0.3) is 28.4 Å². The van der Waals surface area contributed by atoms with Crippen LogP contribution in [0, 0.1) is 0 Å². The lowest BCUT2D eigenvalue weighted by Crippen LogP contribution is -2.61. The molecule has 0 amide bonds. The molecule has 5 rings (SSSR count). The molecular formula is C30H26O12. The monoisotopic (exact) mass is 578 g/mol. The number of aromatic hydroxyl groups is 3. The highest BCUT2D eigenvalue weighted by Gasteiger charge is 2.47. The average Bonchev–Trinajstić information content (AvgIpc) is 2.96. The van der Waals surface area contributed by atoms with Crippen LogP contribution >= 0.6 is 0 Å². The number of aliphatic hydroxyl groups is 3. The molecule has 0 spiro atoms. The van der Waals surface area contributed by atoms with Gasteiger partial charge >= 0.3 is 5.97 Å². The quantitative estimate of drug-likeness (QED) is 0.138. The van der Waals surface area contributed by atoms with E-state index in [1.54, 1.807) is 24.3 Å². The zero-order chi connectivity index (χ0) is 30.0. The van der Waals surface area contributed by atoms with Gasteiger partial charge in [0, 0.05) is 29.8 Å². The Hall–Kier alpha value is -4.88. The van der Waals surface area contributed by atoms with Gasteiger partial charge in [0.05, 0.1) is 6.61 Å². The summed E-state index contributed by atoms with van der Waals surface area (Å²) in [5.74, 6) is -1.18. The number of benzene rings is 3. The van der Waals surface area contributed by atoms with Gasteiger partial charge in [0.15, 0.2) is 17.6 Å². The van der Waals surface area contributed by atoms with Gasteiger partial charge in [-0.3, -0.25) is 4.79 Å². The van der Waals surface area contributed by atoms with Crippen molar-refractivity contribution in [1.29, 1.82) is 0 Å². The minimum atomic E-state index is -1.65. The van der Waals surface area contributed by atoms with Crippen molar-refractivity contribution < 1.29 is 54.1 Å². The zero-order valence-corrected chi connectivity index (χ0v) is 21.7. The lowest BCUT2D eigenvalue weighted by Gasteiger charge is -2.41. The van der Waals surface area contributed by atoms with Gasteiger partial charge in [-0.15, -0.1) is 0 Å². The Morgan fingerprint density at radius 3 is 2.31 bits per heavy atom. The summed E-state index contributed by atoms with van der Waals surface area (Å²) < 4.78 is 22.2. The number of carbonyl (C=O) groups is 1. The molecule has 2 heterocycles. The number of phenolic OH excluding ortho intramolecular Hbond substituents is 3. The number of fused-ring (bicyclic) bond motifs is 1. The third kappa shape index (κ3) is 6.06. The van der Waals surface area contributed by atoms with E-state index in [1.165, 1.54) is 42.5 Å². The SMILES string of the molecule is O=C(C=Cc1ccc(O)cc1)OC1C(O)C(CO)OC(Oc2ccc(-c3cc(=O)c4c(O)cc(O)cc4o3)cc2)C1O. The molecule has 5 atom stereocenters. The molecule has 218 valence electrons. The summed E-state index contributed by atoms with van der Waals surface area (Å²) in [6, 6.07) is 15.5. The van der Waals surface area contributed by atoms with Gasteiger partial charge in [0.25, 0.3) is 0 Å². The van der Waals surface area contributed by atoms with Gasteiger partial charge in [0.1, 0.15) is 51.9 Å². The minimum Gasteiger partial charge on any atom is -0.508 e. The van der Waals surface area contributed by atoms with Gasteiger partial charge < -0.3 is 49.3 Å². The van der Waals surface area contributed by atoms with Crippen LogP contribution in [-0.2, 0) is 14.3 Å². The number of rotatable bonds is 7. The van der Waals surface area contributed by atoms with Crippen LogP contribution in [0.3, 0.4) is 0 Å². The fourth-order valence-electron chi connectivity index (χ4n) is 4.44. The first-order valence-corrected chi connectivity index (χ1v) is 12.7. The molecule has 0 bridgehead atoms. The third-order valence-corrected chi connectivity index (χ3v) is 6.56. The molecular weight excluding hydrogens is 552 g/mol. The molecule has 42 heavy (non-hydrogen) atoms. The van der Waals surface area contributed by atoms with Crippen LogP contribution in [0.15, 0.2) is 82.0 Å². The molecule has 0 saturated carbocycles. The second-order valence-electron chi connectivity index (χ2n) is 9.49. The smallest absolute Gasteiger partial charge is 0.331 e. The van der Waals surface area contributed by atoms with Gasteiger partial charge in [-0.1, -0.05) is 12.1 Å². The zero-order valence-electron chi connectivity index (χ0n) is 21.7. The fourth-order valence-corrected chi connectivity index (χ4v) is 4.44. The minimum absolute atomic E-state index is 0.0128. The molecule has 1 fully saturated rings. The second-order valence-corrected chi connectivity index (χ2v) is 9.49. The van der Waals surface area contributed by atoms with Crippen molar-refractivity contribution in [2.24, 2.45) is 0 Å². The van der Waals surface area contributed by atoms with Crippen molar-refractivity contribution >= 4 is 23.0 Å². The summed E-state index contributed by atoms with van der Waals surface area (Å²) in [6.07, 6.45) is -4.90. The van der Waals surface area contributed by atoms with E-state index in [9.17, 15) is 40.2 Å². The molecule has 1 aliphatic heterocycles. The Morgan fingerprint density at radius 2 is 1.62 bits per heavy atom. The van der Waals surface area contributed by atoms with Gasteiger partial charge in [0.2, 0.25) is 6.29 Å². The van der Waals surface area contributed by atoms with Crippen molar-refractivity contribution in [2.45, 2.75) is 30.7 Å². The Bertz CT molecular complexity index is 1660. The first-order chi connectivity index (χ1) is 20.1. The van der Waals surface area contributed by atoms with E-state index < -0.39 is 54.5 Å². The summed E-state index contributed by atoms with van der Waals surface area (Å²) in [5, 5.41) is 60.1. The Labute approximate surface area is 237 Å². The number of aliphatic hydroxyl groups excluding tert-OH is 3. The number of hydrogen-bond acceptors (Lipinski definition) is 12. The van der Waals surface area contributed by atoms with Crippen molar-refractivity contribution in [3.8, 4) is 34.3 Å². The molecule has 3 aromatic carbocycles. The van der Waals surface area contributed by atoms with E-state index in [0.717, 1.165) is 12.1 Å². The predicted octanol–water partition coefficient (Wildman–Crippen LogP) is 2.02. The van der Waals surface area contributed by atoms with Gasteiger partial charge in [-0.05, 0) is 48.0 Å². The van der Waals surface area contributed by atoms with Crippen LogP contribution in [0.5, 0.6) is 23.0 Å². The number of esters is 1. The first kappa shape index (κ1) is 28.6. The summed E-state index contributed by atoms with van der Waals surface area (Å²) in [6.45, 7) is -0.657. The highest BCUT2D eigenvalue weighted by molar-refractivity contribution is 5.87. The average molecular weight is 579 g/mol. The van der Waals surface area contributed by atoms with E-state index in [4.69, 9.17) is 18.6 Å². The Kier molecular flexibility index (Phi) is 8.13. The van der Waals surface area contributed by atoms with Crippen LogP contribution in [-0.4, -0.2) is 73.9 Å². The summed E-state index contributed by atoms with van der Waals surface area (Å²) in [4.78, 5) is 25.0. The number of carbonyl (C=O) groups excluding carboxylic acids is 1. The number of ether oxygens (including phenoxy) is 3. The molecule has 1 saturated heterocycles. The maximum atomic E-state index is 12.5. The fraction of sp³-hybridized carbons (Fsp3) is 0.200. The third-order valence-electron chi connectivity index (χ3n) is 6.56. The molecule has 5 unspecified atom stereocenters. The topological polar surface area (TPSA) is 196 Å². The van der Waals surface area contributed by atoms with Crippen LogP contribution in [0.2, 0.25) is 0 Å². The predicted molar refractivity (Wildman–Crippen MR) is 147 cm³/mol. The molecule has 0 aliphatic carbocycles. The summed E-state index contributed by atoms with van der Waals surface area (Å²) >= 11 is 0. The lowest BCUT2D eigenvalue weighted by atomic mass is 9.99. The molecule has 12 nitrogen and oxygen atoms in total. The van der Waals surface area contributed by atoms with Crippen LogP contribution in [0.4, 0.5) is 0 Å². The summed E-state index contributed by atoms with van der Waals surface area (Å²) in [5.41, 5.74) is 0.510. The lowest BCUT2D eigenvalue weighted by molar-refractivity contribution is -0.280. The highest BCUT2D eigenvalue weighted by atomic mass is 16.7. The number of hydrogen-bond donors (Lipinski definition) is 6. The molecule has 6 N–H and O–H groups in total. The second kappa shape index (κ2) is 11.9. The van der Waals surface area contributed by atoms with Crippen molar-refractivity contribution in [2.75, 3.05) is 6.61 Å². The van der Waals surface area contributed by atoms with Crippen molar-refractivity contribution in [1.82, 2.24) is 0 Å². The highest BCUT2D eigenvalue weighted by Crippen LogP contribution is 2.32. The van der Waals surface area contributed by atoms with Gasteiger partial charge in [-0.2, -0.15) is 0 Å². The molecule has 0 radical (unpaired) electrons. The van der Waals surface area contributed by atoms with E-state index in [0.29, 0.717) is 11.1 Å². The van der Waals surface area contributed by atoms with Gasteiger partial charge in [-0.25, -0.2) is 4.79 Å². The number of phenols is 3. The van der Waals surface area contributed by atoms with Crippen molar-refractivity contribution in [3.05, 3.63) is 88.6 Å². The van der Waals surface area contributed by atoms with Crippen LogP contribution < -0.4 is 10.2 Å².